The van der Waals surface area contributed by atoms with Gasteiger partial charge >= 0.3 is 0 Å². The number of nitrogens with zero attached hydrogens (tertiary/aromatic N) is 1. The van der Waals surface area contributed by atoms with Gasteiger partial charge in [-0.15, -0.1) is 0 Å². The van der Waals surface area contributed by atoms with Crippen molar-refractivity contribution in [2.75, 3.05) is 32.8 Å². The maximum Gasteiger partial charge on any atom is 0.251 e. The fraction of sp³-hybridized carbons (Fsp3) is 0.682. The molecule has 1 unspecified atom stereocenters. The second-order valence-electron chi connectivity index (χ2n) is 8.52. The zero-order chi connectivity index (χ0) is 21.6. The van der Waals surface area contributed by atoms with Crippen LogP contribution >= 0.6 is 0 Å². The van der Waals surface area contributed by atoms with E-state index in [-0.39, 0.29) is 22.4 Å². The molecule has 1 saturated carbocycles. The van der Waals surface area contributed by atoms with Crippen molar-refractivity contribution < 1.29 is 17.9 Å². The first-order valence-electron chi connectivity index (χ1n) is 11.1. The van der Waals surface area contributed by atoms with Crippen molar-refractivity contribution >= 4 is 15.9 Å². The van der Waals surface area contributed by atoms with Crippen LogP contribution in [0.3, 0.4) is 0 Å². The maximum absolute atomic E-state index is 12.8. The van der Waals surface area contributed by atoms with Gasteiger partial charge in [-0.25, -0.2) is 13.1 Å². The molecule has 1 amide bonds. The largest absolute Gasteiger partial charge is 0.379 e. The Morgan fingerprint density at radius 2 is 1.77 bits per heavy atom. The molecule has 1 aliphatic carbocycles. The fourth-order valence-electron chi connectivity index (χ4n) is 4.40. The second kappa shape index (κ2) is 10.2. The van der Waals surface area contributed by atoms with Crippen LogP contribution < -0.4 is 10.0 Å². The SMILES string of the molecule is CCC(C)NS(=O)(=O)c1ccc(C(=O)NCC2(N3CCOCC3)CCCCC2)cc1. The summed E-state index contributed by atoms with van der Waals surface area (Å²) in [7, 11) is -3.57. The summed E-state index contributed by atoms with van der Waals surface area (Å²) in [4.78, 5) is 15.4. The Kier molecular flexibility index (Phi) is 7.90. The number of carbonyl (C=O) groups is 1. The Balaban J connectivity index is 1.64. The zero-order valence-electron chi connectivity index (χ0n) is 18.2. The highest BCUT2D eigenvalue weighted by Crippen LogP contribution is 2.34. The third-order valence-corrected chi connectivity index (χ3v) is 8.05. The van der Waals surface area contributed by atoms with E-state index in [0.717, 1.165) is 39.1 Å². The van der Waals surface area contributed by atoms with Gasteiger partial charge in [0.2, 0.25) is 10.0 Å². The summed E-state index contributed by atoms with van der Waals surface area (Å²) in [6, 6.07) is 6.03. The van der Waals surface area contributed by atoms with Gasteiger partial charge in [0.25, 0.3) is 5.91 Å². The van der Waals surface area contributed by atoms with Gasteiger partial charge in [-0.1, -0.05) is 26.2 Å². The standard InChI is InChI=1S/C22H35N3O4S/c1-3-18(2)24-30(27,28)20-9-7-19(8-10-20)21(26)23-17-22(11-5-4-6-12-22)25-13-15-29-16-14-25/h7-10,18,24H,3-6,11-17H2,1-2H3,(H,23,26). The average molecular weight is 438 g/mol. The van der Waals surface area contributed by atoms with E-state index < -0.39 is 10.0 Å². The molecule has 2 N–H and O–H groups in total. The number of nitrogens with one attached hydrogen (secondary N) is 2. The lowest BCUT2D eigenvalue weighted by atomic mass is 9.79. The quantitative estimate of drug-likeness (QED) is 0.653. The molecule has 3 rings (SSSR count). The Bertz CT molecular complexity index is 798. The van der Waals surface area contributed by atoms with Gasteiger partial charge in [0, 0.05) is 36.8 Å². The van der Waals surface area contributed by atoms with Gasteiger partial charge in [0.15, 0.2) is 0 Å². The molecule has 2 aliphatic rings. The monoisotopic (exact) mass is 437 g/mol. The predicted octanol–water partition coefficient (Wildman–Crippen LogP) is 2.53. The summed E-state index contributed by atoms with van der Waals surface area (Å²) in [5.41, 5.74) is 0.478. The number of rotatable bonds is 8. The van der Waals surface area contributed by atoms with E-state index in [2.05, 4.69) is 14.9 Å². The average Bonchev–Trinajstić information content (AvgIpc) is 2.78. The van der Waals surface area contributed by atoms with Gasteiger partial charge in [0.1, 0.15) is 0 Å². The third kappa shape index (κ3) is 5.60. The summed E-state index contributed by atoms with van der Waals surface area (Å²) in [6.45, 7) is 7.68. The number of morpholine rings is 1. The van der Waals surface area contributed by atoms with Crippen molar-refractivity contribution in [1.82, 2.24) is 14.9 Å². The Morgan fingerprint density at radius 1 is 1.13 bits per heavy atom. The van der Waals surface area contributed by atoms with Crippen LogP contribution in [-0.4, -0.2) is 63.7 Å². The number of sulfonamides is 1. The summed E-state index contributed by atoms with van der Waals surface area (Å²) < 4.78 is 33.0. The molecule has 8 heteroatoms. The molecule has 1 aromatic carbocycles. The number of hydrogen-bond acceptors (Lipinski definition) is 5. The molecule has 0 spiro atoms. The number of benzene rings is 1. The van der Waals surface area contributed by atoms with Crippen LogP contribution in [0.2, 0.25) is 0 Å². The first-order valence-corrected chi connectivity index (χ1v) is 12.6. The summed E-state index contributed by atoms with van der Waals surface area (Å²) >= 11 is 0. The molecule has 168 valence electrons. The summed E-state index contributed by atoms with van der Waals surface area (Å²) in [6.07, 6.45) is 6.51. The van der Waals surface area contributed by atoms with Crippen molar-refractivity contribution in [3.8, 4) is 0 Å². The Morgan fingerprint density at radius 3 is 2.37 bits per heavy atom. The van der Waals surface area contributed by atoms with E-state index >= 15 is 0 Å². The highest BCUT2D eigenvalue weighted by Gasteiger charge is 2.38. The molecule has 0 aromatic heterocycles. The van der Waals surface area contributed by atoms with Gasteiger partial charge in [-0.05, 0) is 50.5 Å². The van der Waals surface area contributed by atoms with Crippen LogP contribution in [0.15, 0.2) is 29.2 Å². The van der Waals surface area contributed by atoms with E-state index in [4.69, 9.17) is 4.74 Å². The molecule has 2 fully saturated rings. The van der Waals surface area contributed by atoms with Crippen LogP contribution in [0.25, 0.3) is 0 Å². The van der Waals surface area contributed by atoms with Crippen molar-refractivity contribution in [3.63, 3.8) is 0 Å². The lowest BCUT2D eigenvalue weighted by molar-refractivity contribution is -0.0361. The van der Waals surface area contributed by atoms with Crippen LogP contribution in [-0.2, 0) is 14.8 Å². The molecule has 0 bridgehead atoms. The lowest BCUT2D eigenvalue weighted by Crippen LogP contribution is -2.59. The normalized spacial score (nSPS) is 21.1. The van der Waals surface area contributed by atoms with Gasteiger partial charge in [-0.2, -0.15) is 0 Å². The van der Waals surface area contributed by atoms with Crippen molar-refractivity contribution in [1.29, 1.82) is 0 Å². The van der Waals surface area contributed by atoms with E-state index in [9.17, 15) is 13.2 Å². The van der Waals surface area contributed by atoms with Crippen molar-refractivity contribution in [3.05, 3.63) is 29.8 Å². The number of amides is 1. The first kappa shape index (κ1) is 23.2. The van der Waals surface area contributed by atoms with E-state index in [1.54, 1.807) is 12.1 Å². The highest BCUT2D eigenvalue weighted by molar-refractivity contribution is 7.89. The van der Waals surface area contributed by atoms with Crippen LogP contribution in [0.1, 0.15) is 62.7 Å². The molecule has 1 heterocycles. The molecule has 0 radical (unpaired) electrons. The van der Waals surface area contributed by atoms with Gasteiger partial charge in [0.05, 0.1) is 18.1 Å². The van der Waals surface area contributed by atoms with Gasteiger partial charge < -0.3 is 10.1 Å². The number of hydrogen-bond donors (Lipinski definition) is 2. The fourth-order valence-corrected chi connectivity index (χ4v) is 5.73. The molecular weight excluding hydrogens is 402 g/mol. The second-order valence-corrected chi connectivity index (χ2v) is 10.2. The molecule has 1 atom stereocenters. The van der Waals surface area contributed by atoms with Crippen molar-refractivity contribution in [2.24, 2.45) is 0 Å². The smallest absolute Gasteiger partial charge is 0.251 e. The maximum atomic E-state index is 12.8. The predicted molar refractivity (Wildman–Crippen MR) is 117 cm³/mol. The highest BCUT2D eigenvalue weighted by atomic mass is 32.2. The molecule has 7 nitrogen and oxygen atoms in total. The molecule has 1 aromatic rings. The lowest BCUT2D eigenvalue weighted by Gasteiger charge is -2.48. The summed E-state index contributed by atoms with van der Waals surface area (Å²) in [5.74, 6) is -0.160. The number of ether oxygens (including phenoxy) is 1. The van der Waals surface area contributed by atoms with Crippen molar-refractivity contribution in [2.45, 2.75) is 68.8 Å². The van der Waals surface area contributed by atoms with E-state index in [1.807, 2.05) is 13.8 Å². The van der Waals surface area contributed by atoms with E-state index in [1.165, 1.54) is 31.4 Å². The van der Waals surface area contributed by atoms with Crippen LogP contribution in [0.5, 0.6) is 0 Å². The molecule has 1 aliphatic heterocycles. The molecule has 1 saturated heterocycles. The van der Waals surface area contributed by atoms with Crippen LogP contribution in [0.4, 0.5) is 0 Å². The minimum absolute atomic E-state index is 0.00117. The van der Waals surface area contributed by atoms with E-state index in [0.29, 0.717) is 18.5 Å². The molecule has 30 heavy (non-hydrogen) atoms. The van der Waals surface area contributed by atoms with Gasteiger partial charge in [-0.3, -0.25) is 9.69 Å². The van der Waals surface area contributed by atoms with Crippen LogP contribution in [0, 0.1) is 0 Å². The zero-order valence-corrected chi connectivity index (χ0v) is 19.0. The Labute approximate surface area is 180 Å². The minimum Gasteiger partial charge on any atom is -0.379 e. The Hall–Kier alpha value is -1.48. The molecular formula is C22H35N3O4S. The third-order valence-electron chi connectivity index (χ3n) is 6.44. The summed E-state index contributed by atoms with van der Waals surface area (Å²) in [5, 5.41) is 3.12. The number of carbonyl (C=O) groups excluding carboxylic acids is 1. The minimum atomic E-state index is -3.57. The first-order chi connectivity index (χ1) is 14.4. The topological polar surface area (TPSA) is 87.7 Å².